The fraction of sp³-hybridized carbons (Fsp3) is 0.560. The van der Waals surface area contributed by atoms with Crippen LogP contribution in [-0.2, 0) is 11.4 Å². The lowest BCUT2D eigenvalue weighted by Crippen LogP contribution is -2.68. The summed E-state index contributed by atoms with van der Waals surface area (Å²) in [5.74, 6) is 0.466. The van der Waals surface area contributed by atoms with E-state index in [0.717, 1.165) is 38.0 Å². The number of nitrogens with zero attached hydrogens (tertiary/aromatic N) is 4. The van der Waals surface area contributed by atoms with Crippen LogP contribution in [0.1, 0.15) is 38.2 Å². The number of carbonyl (C=O) groups is 1. The van der Waals surface area contributed by atoms with Gasteiger partial charge in [0.05, 0.1) is 5.54 Å². The molecular weight excluding hydrogens is 440 g/mol. The predicted octanol–water partition coefficient (Wildman–Crippen LogP) is 3.10. The average molecular weight is 472 g/mol. The highest BCUT2D eigenvalue weighted by Gasteiger charge is 2.49. The zero-order valence-corrected chi connectivity index (χ0v) is 19.5. The monoisotopic (exact) mass is 471 g/mol. The van der Waals surface area contributed by atoms with E-state index in [1.807, 2.05) is 4.90 Å². The van der Waals surface area contributed by atoms with Gasteiger partial charge in [0.2, 0.25) is 11.8 Å². The molecule has 1 unspecified atom stereocenters. The van der Waals surface area contributed by atoms with Crippen LogP contribution >= 0.6 is 0 Å². The second-order valence-corrected chi connectivity index (χ2v) is 9.98. The van der Waals surface area contributed by atoms with Gasteiger partial charge in [-0.1, -0.05) is 12.1 Å². The molecule has 2 bridgehead atoms. The quantitative estimate of drug-likeness (QED) is 0.698. The van der Waals surface area contributed by atoms with Crippen LogP contribution in [0.3, 0.4) is 0 Å². The van der Waals surface area contributed by atoms with Crippen LogP contribution in [0.4, 0.5) is 14.7 Å². The number of carbonyl (C=O) groups excluding carboxylic acids is 1. The zero-order chi connectivity index (χ0) is 23.8. The highest BCUT2D eigenvalue weighted by Crippen LogP contribution is 2.37. The number of halogens is 2. The van der Waals surface area contributed by atoms with Crippen LogP contribution in [0.2, 0.25) is 0 Å². The van der Waals surface area contributed by atoms with Crippen molar-refractivity contribution in [2.75, 3.05) is 37.6 Å². The maximum absolute atomic E-state index is 15.7. The van der Waals surface area contributed by atoms with Gasteiger partial charge in [-0.15, -0.1) is 0 Å². The fourth-order valence-electron chi connectivity index (χ4n) is 5.43. The van der Waals surface area contributed by atoms with E-state index in [2.05, 4.69) is 27.1 Å². The fourth-order valence-corrected chi connectivity index (χ4v) is 5.43. The van der Waals surface area contributed by atoms with E-state index in [4.69, 9.17) is 4.74 Å². The number of rotatable bonds is 6. The summed E-state index contributed by atoms with van der Waals surface area (Å²) in [4.78, 5) is 26.0. The van der Waals surface area contributed by atoms with Gasteiger partial charge in [-0.2, -0.15) is 4.98 Å². The van der Waals surface area contributed by atoms with Crippen molar-refractivity contribution in [2.24, 2.45) is 5.92 Å². The third-order valence-electron chi connectivity index (χ3n) is 7.60. The summed E-state index contributed by atoms with van der Waals surface area (Å²) < 4.78 is 34.5. The summed E-state index contributed by atoms with van der Waals surface area (Å²) in [6.45, 7) is 5.93. The topological polar surface area (TPSA) is 70.6 Å². The van der Waals surface area contributed by atoms with E-state index in [1.54, 1.807) is 24.4 Å². The summed E-state index contributed by atoms with van der Waals surface area (Å²) in [5.41, 5.74) is -1.42. The van der Waals surface area contributed by atoms with E-state index in [1.165, 1.54) is 12.1 Å². The SMILES string of the molecule is CC1(NC(=O)C2(F)CCN(c3nccc(OCc4ccc(F)cc4)n3)CC2)CN2CCC1CC2. The maximum atomic E-state index is 15.7. The molecule has 4 saturated heterocycles. The molecule has 0 saturated carbocycles. The number of amides is 1. The lowest BCUT2D eigenvalue weighted by molar-refractivity contribution is -0.139. The minimum atomic E-state index is -1.89. The standard InChI is InChI=1S/C25H31F2N5O2/c1-24(17-31-12-7-19(24)8-13-31)30-22(33)25(27)9-14-32(15-10-25)23-28-11-6-21(29-23)34-16-18-2-4-20(26)5-3-18/h2-6,11,19H,7-10,12-17H2,1H3,(H,30,33). The third kappa shape index (κ3) is 4.71. The molecule has 4 aliphatic heterocycles. The third-order valence-corrected chi connectivity index (χ3v) is 7.60. The molecule has 0 aliphatic carbocycles. The smallest absolute Gasteiger partial charge is 0.258 e. The molecule has 6 rings (SSSR count). The summed E-state index contributed by atoms with van der Waals surface area (Å²) in [6.07, 6.45) is 3.89. The number of hydrogen-bond donors (Lipinski definition) is 1. The minimum absolute atomic E-state index is 0.0906. The molecule has 4 fully saturated rings. The largest absolute Gasteiger partial charge is 0.473 e. The number of fused-ring (bicyclic) bond motifs is 3. The first-order valence-corrected chi connectivity index (χ1v) is 12.0. The lowest BCUT2D eigenvalue weighted by atomic mass is 9.73. The Bertz CT molecular complexity index is 1020. The molecule has 2 aromatic rings. The molecule has 1 amide bonds. The number of anilines is 1. The average Bonchev–Trinajstić information content (AvgIpc) is 2.85. The Kier molecular flexibility index (Phi) is 6.14. The molecule has 34 heavy (non-hydrogen) atoms. The first kappa shape index (κ1) is 23.0. The van der Waals surface area contributed by atoms with Crippen molar-refractivity contribution in [1.82, 2.24) is 20.2 Å². The van der Waals surface area contributed by atoms with Crippen molar-refractivity contribution in [3.63, 3.8) is 0 Å². The van der Waals surface area contributed by atoms with Gasteiger partial charge in [-0.25, -0.2) is 13.8 Å². The van der Waals surface area contributed by atoms with E-state index >= 15 is 4.39 Å². The predicted molar refractivity (Wildman–Crippen MR) is 124 cm³/mol. The molecular formula is C25H31F2N5O2. The molecule has 0 spiro atoms. The van der Waals surface area contributed by atoms with E-state index in [0.29, 0.717) is 30.8 Å². The van der Waals surface area contributed by atoms with Crippen molar-refractivity contribution in [2.45, 2.75) is 50.4 Å². The second-order valence-electron chi connectivity index (χ2n) is 9.98. The van der Waals surface area contributed by atoms with Gasteiger partial charge in [0, 0.05) is 44.7 Å². The highest BCUT2D eigenvalue weighted by atomic mass is 19.1. The van der Waals surface area contributed by atoms with E-state index < -0.39 is 11.6 Å². The van der Waals surface area contributed by atoms with Gasteiger partial charge in [0.1, 0.15) is 12.4 Å². The number of benzene rings is 1. The van der Waals surface area contributed by atoms with Crippen LogP contribution in [-0.4, -0.2) is 64.7 Å². The van der Waals surface area contributed by atoms with Gasteiger partial charge >= 0.3 is 0 Å². The maximum Gasteiger partial charge on any atom is 0.258 e. The summed E-state index contributed by atoms with van der Waals surface area (Å²) in [7, 11) is 0. The van der Waals surface area contributed by atoms with Crippen molar-refractivity contribution < 1.29 is 18.3 Å². The van der Waals surface area contributed by atoms with Crippen LogP contribution in [0.5, 0.6) is 5.88 Å². The number of nitrogens with one attached hydrogen (secondary N) is 1. The number of aromatic nitrogens is 2. The Morgan fingerprint density at radius 1 is 1.15 bits per heavy atom. The van der Waals surface area contributed by atoms with Crippen molar-refractivity contribution >= 4 is 11.9 Å². The number of ether oxygens (including phenoxy) is 1. The summed E-state index contributed by atoms with van der Waals surface area (Å²) in [6, 6.07) is 7.73. The summed E-state index contributed by atoms with van der Waals surface area (Å²) in [5, 5.41) is 3.09. The van der Waals surface area contributed by atoms with Crippen molar-refractivity contribution in [3.8, 4) is 5.88 Å². The van der Waals surface area contributed by atoms with Gasteiger partial charge in [0.25, 0.3) is 5.91 Å². The van der Waals surface area contributed by atoms with Crippen molar-refractivity contribution in [1.29, 1.82) is 0 Å². The molecule has 182 valence electrons. The molecule has 1 atom stereocenters. The minimum Gasteiger partial charge on any atom is -0.473 e. The molecule has 1 aromatic heterocycles. The normalized spacial score (nSPS) is 27.9. The lowest BCUT2D eigenvalue weighted by Gasteiger charge is -2.52. The number of piperidine rings is 4. The van der Waals surface area contributed by atoms with Crippen LogP contribution in [0, 0.1) is 11.7 Å². The highest BCUT2D eigenvalue weighted by molar-refractivity contribution is 5.86. The molecule has 9 heteroatoms. The second kappa shape index (κ2) is 9.09. The number of alkyl halides is 1. The van der Waals surface area contributed by atoms with Crippen LogP contribution < -0.4 is 15.0 Å². The van der Waals surface area contributed by atoms with Gasteiger partial charge in [0.15, 0.2) is 5.67 Å². The van der Waals surface area contributed by atoms with Gasteiger partial charge in [-0.05, 0) is 56.5 Å². The molecule has 4 aliphatic rings. The van der Waals surface area contributed by atoms with E-state index in [9.17, 15) is 9.18 Å². The van der Waals surface area contributed by atoms with Gasteiger partial charge < -0.3 is 19.9 Å². The molecule has 1 aromatic carbocycles. The zero-order valence-electron chi connectivity index (χ0n) is 19.5. The molecule has 5 heterocycles. The first-order chi connectivity index (χ1) is 16.3. The molecule has 7 nitrogen and oxygen atoms in total. The van der Waals surface area contributed by atoms with Crippen molar-refractivity contribution in [3.05, 3.63) is 47.9 Å². The number of hydrogen-bond acceptors (Lipinski definition) is 6. The molecule has 1 N–H and O–H groups in total. The van der Waals surface area contributed by atoms with E-state index in [-0.39, 0.29) is 30.8 Å². The Labute approximate surface area is 198 Å². The first-order valence-electron chi connectivity index (χ1n) is 12.0. The summed E-state index contributed by atoms with van der Waals surface area (Å²) >= 11 is 0. The van der Waals surface area contributed by atoms with Crippen LogP contribution in [0.15, 0.2) is 36.5 Å². The Balaban J connectivity index is 1.17. The molecule has 0 radical (unpaired) electrons. The van der Waals surface area contributed by atoms with Gasteiger partial charge in [-0.3, -0.25) is 4.79 Å². The Hall–Kier alpha value is -2.81. The Morgan fingerprint density at radius 2 is 1.85 bits per heavy atom. The van der Waals surface area contributed by atoms with Crippen LogP contribution in [0.25, 0.3) is 0 Å². The Morgan fingerprint density at radius 3 is 2.50 bits per heavy atom.